The molecule has 3 rings (SSSR count). The fraction of sp³-hybridized carbons (Fsp3) is 0.167. The summed E-state index contributed by atoms with van der Waals surface area (Å²) in [5.41, 5.74) is 6.39. The van der Waals surface area contributed by atoms with Gasteiger partial charge in [-0.25, -0.2) is 13.9 Å². The highest BCUT2D eigenvalue weighted by atomic mass is 35.5. The molecule has 0 aliphatic rings. The van der Waals surface area contributed by atoms with Crippen molar-refractivity contribution in [3.05, 3.63) is 23.4 Å². The number of rotatable bonds is 5. The molecule has 0 aliphatic carbocycles. The van der Waals surface area contributed by atoms with E-state index in [-0.39, 0.29) is 21.7 Å². The summed E-state index contributed by atoms with van der Waals surface area (Å²) in [5.74, 6) is 0.0477. The van der Waals surface area contributed by atoms with Crippen molar-refractivity contribution in [2.45, 2.75) is 17.2 Å². The minimum atomic E-state index is -4.47. The Hall–Kier alpha value is -1.97. The maximum Gasteiger partial charge on any atom is 0.296 e. The molecule has 0 fully saturated rings. The zero-order valence-corrected chi connectivity index (χ0v) is 16.6. The number of nitrogens with two attached hydrogens (primary N) is 1. The van der Waals surface area contributed by atoms with Crippen LogP contribution in [0.5, 0.6) is 0 Å². The van der Waals surface area contributed by atoms with Crippen LogP contribution in [0.3, 0.4) is 0 Å². The van der Waals surface area contributed by atoms with Gasteiger partial charge in [0.25, 0.3) is 10.1 Å². The molecule has 2 atom stereocenters. The Morgan fingerprint density at radius 1 is 1.41 bits per heavy atom. The van der Waals surface area contributed by atoms with Crippen molar-refractivity contribution in [2.24, 2.45) is 10.2 Å². The first kappa shape index (κ1) is 19.8. The van der Waals surface area contributed by atoms with Crippen LogP contribution in [0.1, 0.15) is 12.3 Å². The molecule has 0 saturated heterocycles. The monoisotopic (exact) mass is 450 g/mol. The van der Waals surface area contributed by atoms with Crippen molar-refractivity contribution >= 4 is 71.0 Å². The largest absolute Gasteiger partial charge is 0.382 e. The number of fused-ring (bicyclic) bond motifs is 1. The summed E-state index contributed by atoms with van der Waals surface area (Å²) in [7, 11) is -4.47. The lowest BCUT2D eigenvalue weighted by atomic mass is 10.3. The highest BCUT2D eigenvalue weighted by Crippen LogP contribution is 2.35. The number of hydrogen-bond acceptors (Lipinski definition) is 9. The van der Waals surface area contributed by atoms with Gasteiger partial charge in [0.2, 0.25) is 5.13 Å². The zero-order chi connectivity index (χ0) is 19.9. The predicted octanol–water partition coefficient (Wildman–Crippen LogP) is 3.13. The number of thiazole rings is 1. The smallest absolute Gasteiger partial charge is 0.296 e. The molecule has 15 heteroatoms. The molecule has 0 saturated carbocycles. The average molecular weight is 451 g/mol. The number of aromatic nitrogens is 3. The van der Waals surface area contributed by atoms with E-state index >= 15 is 0 Å². The van der Waals surface area contributed by atoms with Crippen molar-refractivity contribution < 1.29 is 21.7 Å². The van der Waals surface area contributed by atoms with Crippen LogP contribution in [-0.4, -0.2) is 36.5 Å². The first-order valence-corrected chi connectivity index (χ1v) is 10.8. The molecule has 3 aromatic rings. The van der Waals surface area contributed by atoms with Gasteiger partial charge in [0.05, 0.1) is 21.4 Å². The third-order valence-electron chi connectivity index (χ3n) is 3.40. The van der Waals surface area contributed by atoms with E-state index < -0.39 is 31.5 Å². The standard InChI is InChI=1S/C12H11ClN6O5S3/c1-5(26(20)21)19-11(14)8(4-15-19)17-18-12-16-7-2-6(13)10(27(22,23)24)3-9(7)25-12/h2-5H,14H2,1H3,(H,20,21)(H,22,23,24). The number of anilines is 1. The maximum atomic E-state index is 11.3. The Morgan fingerprint density at radius 2 is 2.11 bits per heavy atom. The molecule has 2 aromatic heterocycles. The van der Waals surface area contributed by atoms with Gasteiger partial charge < -0.3 is 10.3 Å². The van der Waals surface area contributed by atoms with E-state index in [2.05, 4.69) is 20.3 Å². The second-order valence-corrected chi connectivity index (χ2v) is 9.20. The topological polar surface area (TPSA) is 173 Å². The lowest BCUT2D eigenvalue weighted by molar-refractivity contribution is 0.483. The number of benzene rings is 1. The highest BCUT2D eigenvalue weighted by Gasteiger charge is 2.19. The van der Waals surface area contributed by atoms with E-state index in [9.17, 15) is 17.2 Å². The van der Waals surface area contributed by atoms with Gasteiger partial charge in [0.1, 0.15) is 10.6 Å². The first-order valence-electron chi connectivity index (χ1n) is 7.00. The molecule has 2 unspecified atom stereocenters. The highest BCUT2D eigenvalue weighted by molar-refractivity contribution is 7.86. The molecule has 0 radical (unpaired) electrons. The van der Waals surface area contributed by atoms with Gasteiger partial charge in [-0.15, -0.1) is 10.2 Å². The molecule has 0 spiro atoms. The first-order chi connectivity index (χ1) is 12.6. The molecule has 144 valence electrons. The number of halogens is 1. The SMILES string of the molecule is CC(n1ncc(N=Nc2nc3cc(Cl)c(S(=O)(=O)O)cc3s2)c1N)S(=O)O. The van der Waals surface area contributed by atoms with Gasteiger partial charge in [0, 0.05) is 0 Å². The number of nitrogens with zero attached hydrogens (tertiary/aromatic N) is 5. The van der Waals surface area contributed by atoms with Crippen LogP contribution in [0, 0.1) is 0 Å². The third kappa shape index (κ3) is 3.99. The normalized spacial score (nSPS) is 14.8. The number of azo groups is 1. The van der Waals surface area contributed by atoms with Gasteiger partial charge in [-0.05, 0) is 19.1 Å². The fourth-order valence-corrected chi connectivity index (χ4v) is 4.31. The fourth-order valence-electron chi connectivity index (χ4n) is 2.07. The van der Waals surface area contributed by atoms with E-state index in [1.807, 2.05) is 0 Å². The molecule has 0 amide bonds. The summed E-state index contributed by atoms with van der Waals surface area (Å²) in [6.07, 6.45) is 1.28. The lowest BCUT2D eigenvalue weighted by Crippen LogP contribution is -2.14. The number of nitrogen functional groups attached to an aromatic ring is 1. The summed E-state index contributed by atoms with van der Waals surface area (Å²) in [5, 5.41) is 10.9. The summed E-state index contributed by atoms with van der Waals surface area (Å²) in [6, 6.07) is 2.48. The second-order valence-electron chi connectivity index (χ2n) is 5.16. The summed E-state index contributed by atoms with van der Waals surface area (Å²) in [4.78, 5) is 3.72. The van der Waals surface area contributed by atoms with Crippen molar-refractivity contribution in [3.8, 4) is 0 Å². The Balaban J connectivity index is 1.95. The van der Waals surface area contributed by atoms with Crippen LogP contribution in [0.15, 0.2) is 33.5 Å². The minimum absolute atomic E-state index is 0.0477. The minimum Gasteiger partial charge on any atom is -0.382 e. The van der Waals surface area contributed by atoms with E-state index in [4.69, 9.17) is 21.9 Å². The molecule has 4 N–H and O–H groups in total. The third-order valence-corrected chi connectivity index (χ3v) is 6.41. The predicted molar refractivity (Wildman–Crippen MR) is 101 cm³/mol. The average Bonchev–Trinajstić information content (AvgIpc) is 3.13. The Labute approximate surface area is 163 Å². The Bertz CT molecular complexity index is 1190. The van der Waals surface area contributed by atoms with Crippen molar-refractivity contribution in [1.29, 1.82) is 0 Å². The summed E-state index contributed by atoms with van der Waals surface area (Å²) >= 11 is 4.70. The van der Waals surface area contributed by atoms with Crippen molar-refractivity contribution in [3.63, 3.8) is 0 Å². The quantitative estimate of drug-likeness (QED) is 0.302. The molecule has 2 heterocycles. The maximum absolute atomic E-state index is 11.3. The van der Waals surface area contributed by atoms with Gasteiger partial charge in [-0.3, -0.25) is 4.55 Å². The van der Waals surface area contributed by atoms with Crippen molar-refractivity contribution in [1.82, 2.24) is 14.8 Å². The molecule has 1 aromatic carbocycles. The Morgan fingerprint density at radius 3 is 2.74 bits per heavy atom. The molecule has 0 aliphatic heterocycles. The lowest BCUT2D eigenvalue weighted by Gasteiger charge is -2.08. The van der Waals surface area contributed by atoms with E-state index in [1.54, 1.807) is 0 Å². The Kier molecular flexibility index (Phi) is 5.29. The summed E-state index contributed by atoms with van der Waals surface area (Å²) < 4.78 is 53.6. The van der Waals surface area contributed by atoms with E-state index in [1.165, 1.54) is 25.3 Å². The van der Waals surface area contributed by atoms with Gasteiger partial charge >= 0.3 is 0 Å². The van der Waals surface area contributed by atoms with Gasteiger partial charge in [0.15, 0.2) is 22.3 Å². The number of hydrogen-bond donors (Lipinski definition) is 3. The van der Waals surface area contributed by atoms with Crippen LogP contribution in [0.4, 0.5) is 16.6 Å². The summed E-state index contributed by atoms with van der Waals surface area (Å²) in [6.45, 7) is 1.46. The van der Waals surface area contributed by atoms with Crippen molar-refractivity contribution in [2.75, 3.05) is 5.73 Å². The zero-order valence-electron chi connectivity index (χ0n) is 13.3. The molecule has 11 nitrogen and oxygen atoms in total. The van der Waals surface area contributed by atoms with Crippen LogP contribution in [-0.2, 0) is 21.2 Å². The van der Waals surface area contributed by atoms with Crippen LogP contribution >= 0.6 is 22.9 Å². The second kappa shape index (κ2) is 7.21. The molecular formula is C12H11ClN6O5S3. The van der Waals surface area contributed by atoms with Crippen LogP contribution in [0.2, 0.25) is 5.02 Å². The molecule has 27 heavy (non-hydrogen) atoms. The van der Waals surface area contributed by atoms with Crippen LogP contribution in [0.25, 0.3) is 10.2 Å². The van der Waals surface area contributed by atoms with Gasteiger partial charge in [-0.1, -0.05) is 22.9 Å². The molecular weight excluding hydrogens is 440 g/mol. The molecule has 0 bridgehead atoms. The van der Waals surface area contributed by atoms with E-state index in [0.29, 0.717) is 10.2 Å². The van der Waals surface area contributed by atoms with Crippen LogP contribution < -0.4 is 5.73 Å². The van der Waals surface area contributed by atoms with E-state index in [0.717, 1.165) is 16.0 Å². The van der Waals surface area contributed by atoms with Gasteiger partial charge in [-0.2, -0.15) is 13.5 Å².